The van der Waals surface area contributed by atoms with Gasteiger partial charge in [0.15, 0.2) is 0 Å². The quantitative estimate of drug-likeness (QED) is 0.866. The predicted molar refractivity (Wildman–Crippen MR) is 72.6 cm³/mol. The van der Waals surface area contributed by atoms with Gasteiger partial charge in [0.25, 0.3) is 0 Å². The van der Waals surface area contributed by atoms with Gasteiger partial charge in [-0.15, -0.1) is 11.3 Å². The van der Waals surface area contributed by atoms with E-state index in [9.17, 15) is 10.2 Å². The second-order valence-electron chi connectivity index (χ2n) is 4.69. The molecular weight excluding hydrogens is 262 g/mol. The van der Waals surface area contributed by atoms with Crippen molar-refractivity contribution in [3.8, 4) is 10.7 Å². The van der Waals surface area contributed by atoms with Crippen molar-refractivity contribution in [2.45, 2.75) is 18.8 Å². The molecular formula is C13H15N3O2S. The molecule has 3 heterocycles. The summed E-state index contributed by atoms with van der Waals surface area (Å²) in [7, 11) is 0. The van der Waals surface area contributed by atoms with Crippen LogP contribution in [0.15, 0.2) is 29.8 Å². The Morgan fingerprint density at radius 3 is 2.74 bits per heavy atom. The van der Waals surface area contributed by atoms with Gasteiger partial charge in [-0.3, -0.25) is 9.88 Å². The number of aliphatic hydroxyl groups excluding tert-OH is 2. The number of hydrogen-bond acceptors (Lipinski definition) is 6. The number of pyridine rings is 1. The van der Waals surface area contributed by atoms with E-state index in [4.69, 9.17) is 0 Å². The van der Waals surface area contributed by atoms with E-state index in [1.54, 1.807) is 17.5 Å². The molecule has 100 valence electrons. The summed E-state index contributed by atoms with van der Waals surface area (Å²) in [5, 5.41) is 21.9. The number of nitrogens with zero attached hydrogens (tertiary/aromatic N) is 3. The Hall–Kier alpha value is -1.34. The second kappa shape index (κ2) is 5.34. The normalized spacial score (nSPS) is 23.9. The fourth-order valence-electron chi connectivity index (χ4n) is 2.19. The van der Waals surface area contributed by atoms with Crippen molar-refractivity contribution in [3.63, 3.8) is 0 Å². The van der Waals surface area contributed by atoms with Gasteiger partial charge in [-0.2, -0.15) is 0 Å². The minimum Gasteiger partial charge on any atom is -0.389 e. The monoisotopic (exact) mass is 277 g/mol. The zero-order chi connectivity index (χ0) is 13.2. The lowest BCUT2D eigenvalue weighted by Crippen LogP contribution is -2.22. The Labute approximate surface area is 115 Å². The van der Waals surface area contributed by atoms with E-state index in [0.29, 0.717) is 19.6 Å². The van der Waals surface area contributed by atoms with Gasteiger partial charge in [-0.05, 0) is 12.1 Å². The molecule has 5 nitrogen and oxygen atoms in total. The summed E-state index contributed by atoms with van der Waals surface area (Å²) in [6.07, 6.45) is 0.464. The van der Waals surface area contributed by atoms with Crippen LogP contribution in [0.1, 0.15) is 5.69 Å². The van der Waals surface area contributed by atoms with Crippen molar-refractivity contribution >= 4 is 11.3 Å². The SMILES string of the molecule is OC1CN(Cc2csc(-c3ccccn3)n2)CC1O. The zero-order valence-corrected chi connectivity index (χ0v) is 11.1. The van der Waals surface area contributed by atoms with E-state index in [-0.39, 0.29) is 0 Å². The third-order valence-corrected chi connectivity index (χ3v) is 4.07. The number of aromatic nitrogens is 2. The second-order valence-corrected chi connectivity index (χ2v) is 5.55. The van der Waals surface area contributed by atoms with Crippen molar-refractivity contribution in [3.05, 3.63) is 35.5 Å². The summed E-state index contributed by atoms with van der Waals surface area (Å²) in [5.41, 5.74) is 1.83. The lowest BCUT2D eigenvalue weighted by molar-refractivity contribution is 0.0572. The number of thiazole rings is 1. The molecule has 0 saturated carbocycles. The molecule has 1 saturated heterocycles. The van der Waals surface area contributed by atoms with Gasteiger partial charge < -0.3 is 10.2 Å². The first-order chi connectivity index (χ1) is 9.22. The van der Waals surface area contributed by atoms with Crippen LogP contribution in [0, 0.1) is 0 Å². The summed E-state index contributed by atoms with van der Waals surface area (Å²) < 4.78 is 0. The number of aliphatic hydroxyl groups is 2. The molecule has 0 aliphatic carbocycles. The predicted octanol–water partition coefficient (Wildman–Crippen LogP) is 0.742. The first-order valence-electron chi connectivity index (χ1n) is 6.16. The van der Waals surface area contributed by atoms with Crippen molar-refractivity contribution in [2.75, 3.05) is 13.1 Å². The van der Waals surface area contributed by atoms with Crippen LogP contribution in [0.5, 0.6) is 0 Å². The molecule has 2 aromatic rings. The van der Waals surface area contributed by atoms with Crippen molar-refractivity contribution < 1.29 is 10.2 Å². The summed E-state index contributed by atoms with van der Waals surface area (Å²) in [5.74, 6) is 0. The molecule has 2 N–H and O–H groups in total. The molecule has 2 unspecified atom stereocenters. The van der Waals surface area contributed by atoms with E-state index >= 15 is 0 Å². The molecule has 1 aliphatic rings. The van der Waals surface area contributed by atoms with Gasteiger partial charge in [0.2, 0.25) is 0 Å². The van der Waals surface area contributed by atoms with E-state index in [1.807, 2.05) is 28.5 Å². The Balaban J connectivity index is 1.69. The van der Waals surface area contributed by atoms with Crippen molar-refractivity contribution in [1.82, 2.24) is 14.9 Å². The molecule has 0 bridgehead atoms. The molecule has 6 heteroatoms. The van der Waals surface area contributed by atoms with E-state index < -0.39 is 12.2 Å². The van der Waals surface area contributed by atoms with Gasteiger partial charge in [0.05, 0.1) is 23.6 Å². The Bertz CT molecular complexity index is 536. The van der Waals surface area contributed by atoms with Crippen LogP contribution < -0.4 is 0 Å². The Morgan fingerprint density at radius 1 is 1.26 bits per heavy atom. The average Bonchev–Trinajstić information content (AvgIpc) is 2.99. The molecule has 0 radical (unpaired) electrons. The summed E-state index contributed by atoms with van der Waals surface area (Å²) >= 11 is 1.56. The minimum absolute atomic E-state index is 0.498. The van der Waals surface area contributed by atoms with Crippen molar-refractivity contribution in [2.24, 2.45) is 0 Å². The largest absolute Gasteiger partial charge is 0.389 e. The maximum Gasteiger partial charge on any atom is 0.142 e. The van der Waals surface area contributed by atoms with Gasteiger partial charge in [0, 0.05) is 31.2 Å². The molecule has 3 rings (SSSR count). The molecule has 0 spiro atoms. The van der Waals surface area contributed by atoms with Crippen LogP contribution in [0.25, 0.3) is 10.7 Å². The molecule has 2 atom stereocenters. The van der Waals surface area contributed by atoms with Gasteiger partial charge >= 0.3 is 0 Å². The Morgan fingerprint density at radius 2 is 2.05 bits per heavy atom. The highest BCUT2D eigenvalue weighted by Gasteiger charge is 2.29. The third kappa shape index (κ3) is 2.82. The number of hydrogen-bond donors (Lipinski definition) is 2. The van der Waals surface area contributed by atoms with E-state index in [0.717, 1.165) is 16.4 Å². The highest BCUT2D eigenvalue weighted by atomic mass is 32.1. The molecule has 19 heavy (non-hydrogen) atoms. The average molecular weight is 277 g/mol. The number of β-amino-alcohol motifs (C(OH)–C–C–N with tert-alkyl or cyclic N) is 2. The van der Waals surface area contributed by atoms with Gasteiger partial charge in [-0.1, -0.05) is 6.07 Å². The highest BCUT2D eigenvalue weighted by molar-refractivity contribution is 7.13. The molecule has 0 amide bonds. The first kappa shape index (κ1) is 12.7. The van der Waals surface area contributed by atoms with Crippen molar-refractivity contribution in [1.29, 1.82) is 0 Å². The third-order valence-electron chi connectivity index (χ3n) is 3.16. The summed E-state index contributed by atoms with van der Waals surface area (Å²) in [4.78, 5) is 10.8. The van der Waals surface area contributed by atoms with Crippen LogP contribution in [0.3, 0.4) is 0 Å². The highest BCUT2D eigenvalue weighted by Crippen LogP contribution is 2.23. The maximum atomic E-state index is 9.51. The van der Waals surface area contributed by atoms with Gasteiger partial charge in [-0.25, -0.2) is 4.98 Å². The standard InChI is InChI=1S/C13H15N3O2S/c17-11-6-16(7-12(11)18)5-9-8-19-13(15-9)10-3-1-2-4-14-10/h1-4,8,11-12,17-18H,5-7H2. The van der Waals surface area contributed by atoms with Crippen LogP contribution in [0.2, 0.25) is 0 Å². The lowest BCUT2D eigenvalue weighted by atomic mass is 10.3. The maximum absolute atomic E-state index is 9.51. The van der Waals surface area contributed by atoms with E-state index in [1.165, 1.54) is 0 Å². The van der Waals surface area contributed by atoms with Crippen LogP contribution in [-0.4, -0.2) is 50.4 Å². The van der Waals surface area contributed by atoms with Crippen LogP contribution in [0.4, 0.5) is 0 Å². The number of likely N-dealkylation sites (tertiary alicyclic amines) is 1. The summed E-state index contributed by atoms with van der Waals surface area (Å²) in [6.45, 7) is 1.65. The minimum atomic E-state index is -0.645. The fourth-order valence-corrected chi connectivity index (χ4v) is 2.98. The topological polar surface area (TPSA) is 69.5 Å². The molecule has 0 aromatic carbocycles. The molecule has 1 aliphatic heterocycles. The zero-order valence-electron chi connectivity index (χ0n) is 10.3. The molecule has 2 aromatic heterocycles. The van der Waals surface area contributed by atoms with Crippen LogP contribution in [-0.2, 0) is 6.54 Å². The van der Waals surface area contributed by atoms with E-state index in [2.05, 4.69) is 9.97 Å². The Kier molecular flexibility index (Phi) is 3.56. The molecule has 1 fully saturated rings. The number of rotatable bonds is 3. The smallest absolute Gasteiger partial charge is 0.142 e. The van der Waals surface area contributed by atoms with Crippen LogP contribution >= 0.6 is 11.3 Å². The first-order valence-corrected chi connectivity index (χ1v) is 7.04. The fraction of sp³-hybridized carbons (Fsp3) is 0.385. The van der Waals surface area contributed by atoms with Gasteiger partial charge in [0.1, 0.15) is 5.01 Å². The lowest BCUT2D eigenvalue weighted by Gasteiger charge is -2.12. The summed E-state index contributed by atoms with van der Waals surface area (Å²) in [6, 6.07) is 5.76.